The molecule has 7 heteroatoms. The highest BCUT2D eigenvalue weighted by atomic mass is 32.2. The van der Waals surface area contributed by atoms with Gasteiger partial charge in [0.1, 0.15) is 0 Å². The van der Waals surface area contributed by atoms with Crippen LogP contribution in [0.3, 0.4) is 0 Å². The van der Waals surface area contributed by atoms with E-state index < -0.39 is 21.2 Å². The zero-order valence-electron chi connectivity index (χ0n) is 12.8. The molecule has 0 aliphatic rings. The van der Waals surface area contributed by atoms with Crippen LogP contribution < -0.4 is 14.2 Å². The Morgan fingerprint density at radius 1 is 1.14 bits per heavy atom. The van der Waals surface area contributed by atoms with E-state index in [1.807, 2.05) is 18.6 Å². The normalized spacial score (nSPS) is 11.6. The van der Waals surface area contributed by atoms with Gasteiger partial charge in [0.15, 0.2) is 11.5 Å². The van der Waals surface area contributed by atoms with E-state index in [0.29, 0.717) is 11.5 Å². The van der Waals surface area contributed by atoms with Crippen LogP contribution in [-0.4, -0.2) is 32.8 Å². The zero-order valence-corrected chi connectivity index (χ0v) is 13.7. The second-order valence-corrected chi connectivity index (χ2v) is 7.29. The van der Waals surface area contributed by atoms with Gasteiger partial charge in [-0.3, -0.25) is 4.79 Å². The van der Waals surface area contributed by atoms with Crippen molar-refractivity contribution in [3.05, 3.63) is 23.8 Å². The number of carbonyl (C=O) groups excluding carboxylic acids is 1. The molecule has 0 radical (unpaired) electrons. The molecule has 1 rings (SSSR count). The fourth-order valence-electron chi connectivity index (χ4n) is 1.47. The molecule has 0 aliphatic carbocycles. The number of nitrogens with one attached hydrogen (secondary N) is 1. The molecule has 0 bridgehead atoms. The second kappa shape index (κ2) is 6.80. The maximum atomic E-state index is 12.0. The Morgan fingerprint density at radius 3 is 2.24 bits per heavy atom. The third-order valence-corrected chi connectivity index (χ3v) is 4.36. The van der Waals surface area contributed by atoms with Gasteiger partial charge in [-0.1, -0.05) is 0 Å². The quantitative estimate of drug-likeness (QED) is 0.867. The van der Waals surface area contributed by atoms with Crippen molar-refractivity contribution in [3.63, 3.8) is 0 Å². The smallest absolute Gasteiger partial charge is 0.264 e. The minimum atomic E-state index is -3.67. The number of hydrogen-bond acceptors (Lipinski definition) is 5. The van der Waals surface area contributed by atoms with Gasteiger partial charge in [-0.25, -0.2) is 13.1 Å². The SMILES string of the molecule is COc1cc(C(=O)NS(=O)(=O)C(C)C)ccc1OC(C)C. The molecule has 6 nitrogen and oxygen atoms in total. The van der Waals surface area contributed by atoms with Gasteiger partial charge in [-0.05, 0) is 45.9 Å². The third-order valence-electron chi connectivity index (χ3n) is 2.64. The number of sulfonamides is 1. The maximum Gasteiger partial charge on any atom is 0.264 e. The van der Waals surface area contributed by atoms with E-state index in [1.165, 1.54) is 33.1 Å². The summed E-state index contributed by atoms with van der Waals surface area (Å²) in [5.41, 5.74) is 0.187. The fourth-order valence-corrected chi connectivity index (χ4v) is 2.08. The monoisotopic (exact) mass is 315 g/mol. The summed E-state index contributed by atoms with van der Waals surface area (Å²) in [4.78, 5) is 12.0. The van der Waals surface area contributed by atoms with E-state index >= 15 is 0 Å². The van der Waals surface area contributed by atoms with Crippen LogP contribution in [-0.2, 0) is 10.0 Å². The van der Waals surface area contributed by atoms with Crippen LogP contribution in [0.15, 0.2) is 18.2 Å². The predicted molar refractivity (Wildman–Crippen MR) is 80.3 cm³/mol. The largest absolute Gasteiger partial charge is 0.493 e. The van der Waals surface area contributed by atoms with E-state index in [1.54, 1.807) is 6.07 Å². The van der Waals surface area contributed by atoms with E-state index in [4.69, 9.17) is 9.47 Å². The minimum absolute atomic E-state index is 0.0418. The summed E-state index contributed by atoms with van der Waals surface area (Å²) < 4.78 is 36.1. The molecule has 118 valence electrons. The lowest BCUT2D eigenvalue weighted by Crippen LogP contribution is -2.35. The minimum Gasteiger partial charge on any atom is -0.493 e. The van der Waals surface area contributed by atoms with Crippen molar-refractivity contribution in [1.29, 1.82) is 0 Å². The molecule has 0 atom stereocenters. The molecule has 1 aromatic carbocycles. The van der Waals surface area contributed by atoms with Crippen molar-refractivity contribution < 1.29 is 22.7 Å². The Hall–Kier alpha value is -1.76. The molecule has 0 aliphatic heterocycles. The van der Waals surface area contributed by atoms with Gasteiger partial charge in [0.25, 0.3) is 5.91 Å². The molecule has 0 spiro atoms. The van der Waals surface area contributed by atoms with Gasteiger partial charge in [0, 0.05) is 5.56 Å². The van der Waals surface area contributed by atoms with E-state index in [2.05, 4.69) is 0 Å². The molecular weight excluding hydrogens is 294 g/mol. The van der Waals surface area contributed by atoms with E-state index in [-0.39, 0.29) is 11.7 Å². The average molecular weight is 315 g/mol. The van der Waals surface area contributed by atoms with E-state index in [0.717, 1.165) is 0 Å². The average Bonchev–Trinajstić information content (AvgIpc) is 2.37. The lowest BCUT2D eigenvalue weighted by Gasteiger charge is -2.15. The maximum absolute atomic E-state index is 12.0. The fraction of sp³-hybridized carbons (Fsp3) is 0.500. The van der Waals surface area contributed by atoms with Crippen LogP contribution in [0.5, 0.6) is 11.5 Å². The lowest BCUT2D eigenvalue weighted by atomic mass is 10.2. The highest BCUT2D eigenvalue weighted by Gasteiger charge is 2.21. The number of rotatable bonds is 6. The summed E-state index contributed by atoms with van der Waals surface area (Å²) in [5.74, 6) is 0.173. The molecule has 0 saturated heterocycles. The molecule has 0 unspecified atom stereocenters. The topological polar surface area (TPSA) is 81.7 Å². The Bertz CT molecular complexity index is 608. The van der Waals surface area contributed by atoms with Crippen LogP contribution in [0.25, 0.3) is 0 Å². The van der Waals surface area contributed by atoms with Crippen LogP contribution >= 0.6 is 0 Å². The molecule has 0 saturated carbocycles. The van der Waals surface area contributed by atoms with Gasteiger partial charge < -0.3 is 9.47 Å². The summed E-state index contributed by atoms with van der Waals surface area (Å²) in [6.45, 7) is 6.73. The van der Waals surface area contributed by atoms with Crippen molar-refractivity contribution >= 4 is 15.9 Å². The second-order valence-electron chi connectivity index (χ2n) is 5.06. The molecule has 1 aromatic rings. The molecule has 21 heavy (non-hydrogen) atoms. The van der Waals surface area contributed by atoms with Crippen LogP contribution in [0, 0.1) is 0 Å². The summed E-state index contributed by atoms with van der Waals surface area (Å²) in [6, 6.07) is 4.52. The Balaban J connectivity index is 3.02. The van der Waals surface area contributed by atoms with Crippen molar-refractivity contribution in [2.75, 3.05) is 7.11 Å². The van der Waals surface area contributed by atoms with Crippen LogP contribution in [0.1, 0.15) is 38.1 Å². The number of ether oxygens (including phenoxy) is 2. The molecule has 0 aromatic heterocycles. The van der Waals surface area contributed by atoms with Gasteiger partial charge in [-0.15, -0.1) is 0 Å². The van der Waals surface area contributed by atoms with Gasteiger partial charge in [0.2, 0.25) is 10.0 Å². The van der Waals surface area contributed by atoms with E-state index in [9.17, 15) is 13.2 Å². The Kier molecular flexibility index (Phi) is 5.60. The molecule has 0 fully saturated rings. The van der Waals surface area contributed by atoms with Crippen LogP contribution in [0.4, 0.5) is 0 Å². The number of carbonyl (C=O) groups is 1. The van der Waals surface area contributed by atoms with Crippen molar-refractivity contribution in [3.8, 4) is 11.5 Å². The first-order valence-electron chi connectivity index (χ1n) is 6.58. The Morgan fingerprint density at radius 2 is 1.76 bits per heavy atom. The molecular formula is C14H21NO5S. The van der Waals surface area contributed by atoms with Crippen molar-refractivity contribution in [2.45, 2.75) is 39.0 Å². The van der Waals surface area contributed by atoms with Crippen LogP contribution in [0.2, 0.25) is 0 Å². The molecule has 1 N–H and O–H groups in total. The van der Waals surface area contributed by atoms with Crippen molar-refractivity contribution in [1.82, 2.24) is 4.72 Å². The first kappa shape index (κ1) is 17.3. The number of hydrogen-bond donors (Lipinski definition) is 1. The van der Waals surface area contributed by atoms with Crippen molar-refractivity contribution in [2.24, 2.45) is 0 Å². The number of amides is 1. The first-order chi connectivity index (χ1) is 9.67. The standard InChI is InChI=1S/C14H21NO5S/c1-9(2)20-12-7-6-11(8-13(12)19-5)14(16)15-21(17,18)10(3)4/h6-10H,1-5H3,(H,15,16). The first-order valence-corrected chi connectivity index (χ1v) is 8.12. The lowest BCUT2D eigenvalue weighted by molar-refractivity contribution is 0.0980. The third kappa shape index (κ3) is 4.63. The summed E-state index contributed by atoms with van der Waals surface area (Å²) in [7, 11) is -2.21. The highest BCUT2D eigenvalue weighted by molar-refractivity contribution is 7.90. The zero-order chi connectivity index (χ0) is 16.2. The summed E-state index contributed by atoms with van der Waals surface area (Å²) >= 11 is 0. The predicted octanol–water partition coefficient (Wildman–Crippen LogP) is 1.95. The summed E-state index contributed by atoms with van der Waals surface area (Å²) in [6.07, 6.45) is -0.0418. The van der Waals surface area contributed by atoms with Gasteiger partial charge in [0.05, 0.1) is 18.5 Å². The van der Waals surface area contributed by atoms with Gasteiger partial charge >= 0.3 is 0 Å². The highest BCUT2D eigenvalue weighted by Crippen LogP contribution is 2.29. The number of methoxy groups -OCH3 is 1. The molecule has 1 amide bonds. The summed E-state index contributed by atoms with van der Waals surface area (Å²) in [5, 5.41) is -0.688. The Labute approximate surface area is 125 Å². The number of benzene rings is 1. The molecule has 0 heterocycles. The van der Waals surface area contributed by atoms with Gasteiger partial charge in [-0.2, -0.15) is 0 Å².